The number of thiol groups is 1. The van der Waals surface area contributed by atoms with Gasteiger partial charge in [0.2, 0.25) is 0 Å². The van der Waals surface area contributed by atoms with Crippen LogP contribution in [0, 0.1) is 0 Å². The van der Waals surface area contributed by atoms with Gasteiger partial charge in [-0.05, 0) is 34.1 Å². The summed E-state index contributed by atoms with van der Waals surface area (Å²) in [6, 6.07) is 5.43. The lowest BCUT2D eigenvalue weighted by molar-refractivity contribution is 0.360. The highest BCUT2D eigenvalue weighted by atomic mass is 79.9. The summed E-state index contributed by atoms with van der Waals surface area (Å²) in [5.41, 5.74) is 0. The number of benzene rings is 1. The van der Waals surface area contributed by atoms with Crippen molar-refractivity contribution in [2.24, 2.45) is 0 Å². The van der Waals surface area contributed by atoms with E-state index in [1.54, 1.807) is 12.1 Å². The highest BCUT2D eigenvalue weighted by molar-refractivity contribution is 9.10. The zero-order valence-corrected chi connectivity index (χ0v) is 10.6. The summed E-state index contributed by atoms with van der Waals surface area (Å²) < 4.78 is 6.33. The molecule has 0 saturated carbocycles. The van der Waals surface area contributed by atoms with Crippen molar-refractivity contribution in [1.29, 1.82) is 0 Å². The van der Waals surface area contributed by atoms with Crippen LogP contribution in [-0.4, -0.2) is 12.4 Å². The lowest BCUT2D eigenvalue weighted by Crippen LogP contribution is -1.93. The maximum absolute atomic E-state index is 5.79. The van der Waals surface area contributed by atoms with Crippen molar-refractivity contribution < 1.29 is 4.74 Å². The molecule has 1 rings (SSSR count). The summed E-state index contributed by atoms with van der Waals surface area (Å²) in [4.78, 5) is 0. The van der Waals surface area contributed by atoms with Gasteiger partial charge in [0, 0.05) is 10.8 Å². The van der Waals surface area contributed by atoms with Gasteiger partial charge >= 0.3 is 0 Å². The third kappa shape index (κ3) is 3.95. The van der Waals surface area contributed by atoms with Crippen LogP contribution in [0.25, 0.3) is 0 Å². The van der Waals surface area contributed by atoms with Crippen LogP contribution in [0.1, 0.15) is 0 Å². The highest BCUT2D eigenvalue weighted by Gasteiger charge is 1.99. The van der Waals surface area contributed by atoms with Crippen molar-refractivity contribution in [3.63, 3.8) is 0 Å². The van der Waals surface area contributed by atoms with Gasteiger partial charge in [-0.1, -0.05) is 23.8 Å². The smallest absolute Gasteiger partial charge is 0.134 e. The minimum Gasteiger partial charge on any atom is -0.488 e. The molecular weight excluding hydrogens is 284 g/mol. The Bertz CT molecular complexity index is 328. The Balaban J connectivity index is 2.55. The molecule has 14 heavy (non-hydrogen) atoms. The van der Waals surface area contributed by atoms with Crippen molar-refractivity contribution in [1.82, 2.24) is 0 Å². The molecule has 1 nitrogen and oxygen atoms in total. The average Bonchev–Trinajstić information content (AvgIpc) is 2.15. The van der Waals surface area contributed by atoms with Crippen molar-refractivity contribution in [2.45, 2.75) is 0 Å². The van der Waals surface area contributed by atoms with Crippen LogP contribution in [-0.2, 0) is 0 Å². The van der Waals surface area contributed by atoms with Crippen molar-refractivity contribution >= 4 is 40.2 Å². The summed E-state index contributed by atoms with van der Waals surface area (Å²) in [7, 11) is 0. The van der Waals surface area contributed by atoms with Gasteiger partial charge in [0.25, 0.3) is 0 Å². The predicted molar refractivity (Wildman–Crippen MR) is 67.6 cm³/mol. The number of hydrogen-bond donors (Lipinski definition) is 1. The third-order valence-corrected chi connectivity index (χ3v) is 2.57. The maximum atomic E-state index is 5.79. The van der Waals surface area contributed by atoms with Gasteiger partial charge in [0.1, 0.15) is 12.4 Å². The fraction of sp³-hybridized carbons (Fsp3) is 0.200. The molecule has 0 spiro atoms. The van der Waals surface area contributed by atoms with Crippen LogP contribution in [0.15, 0.2) is 34.8 Å². The first-order valence-electron chi connectivity index (χ1n) is 4.07. The molecule has 0 aromatic heterocycles. The normalized spacial score (nSPS) is 10.8. The van der Waals surface area contributed by atoms with Gasteiger partial charge in [-0.25, -0.2) is 0 Å². The Labute approximate surface area is 103 Å². The molecular formula is C10H10BrClOS. The first-order chi connectivity index (χ1) is 6.74. The number of ether oxygens (including phenoxy) is 1. The fourth-order valence-corrected chi connectivity index (χ4v) is 1.82. The van der Waals surface area contributed by atoms with Gasteiger partial charge in [-0.3, -0.25) is 0 Å². The molecule has 0 aliphatic heterocycles. The summed E-state index contributed by atoms with van der Waals surface area (Å²) in [5.74, 6) is 1.52. The van der Waals surface area contributed by atoms with Crippen LogP contribution in [0.3, 0.4) is 0 Å². The lowest BCUT2D eigenvalue weighted by atomic mass is 10.3. The third-order valence-electron chi connectivity index (χ3n) is 1.50. The van der Waals surface area contributed by atoms with Crippen molar-refractivity contribution in [3.8, 4) is 5.75 Å². The molecule has 0 bridgehead atoms. The molecule has 4 heteroatoms. The largest absolute Gasteiger partial charge is 0.488 e. The van der Waals surface area contributed by atoms with Crippen LogP contribution in [0.2, 0.25) is 5.02 Å². The molecule has 1 aromatic rings. The van der Waals surface area contributed by atoms with Crippen molar-refractivity contribution in [2.75, 3.05) is 12.4 Å². The Morgan fingerprint density at radius 2 is 2.21 bits per heavy atom. The minimum atomic E-state index is 0.542. The topological polar surface area (TPSA) is 9.23 Å². The van der Waals surface area contributed by atoms with Crippen LogP contribution in [0.4, 0.5) is 0 Å². The Morgan fingerprint density at radius 1 is 1.43 bits per heavy atom. The number of halogens is 2. The molecule has 76 valence electrons. The molecule has 0 amide bonds. The van der Waals surface area contributed by atoms with Gasteiger partial charge in [0.05, 0.1) is 4.47 Å². The first kappa shape index (κ1) is 12.0. The predicted octanol–water partition coefficient (Wildman–Crippen LogP) is 3.97. The Kier molecular flexibility index (Phi) is 5.45. The van der Waals surface area contributed by atoms with Crippen molar-refractivity contribution in [3.05, 3.63) is 39.8 Å². The Hall–Kier alpha value is -0.120. The van der Waals surface area contributed by atoms with Crippen LogP contribution >= 0.6 is 40.2 Å². The molecule has 0 aliphatic carbocycles. The standard InChI is InChI=1S/C10H10BrClOS/c11-9-7-8(12)3-4-10(9)13-5-1-2-6-14/h1-4,7,14H,5-6H2. The van der Waals surface area contributed by atoms with E-state index in [2.05, 4.69) is 28.6 Å². The first-order valence-corrected chi connectivity index (χ1v) is 5.88. The lowest BCUT2D eigenvalue weighted by Gasteiger charge is -2.05. The van der Waals surface area contributed by atoms with E-state index in [9.17, 15) is 0 Å². The quantitative estimate of drug-likeness (QED) is 0.653. The molecule has 0 atom stereocenters. The monoisotopic (exact) mass is 292 g/mol. The molecule has 1 aromatic carbocycles. The van der Waals surface area contributed by atoms with E-state index in [1.807, 2.05) is 18.2 Å². The molecule has 0 saturated heterocycles. The van der Waals surface area contributed by atoms with E-state index in [1.165, 1.54) is 0 Å². The summed E-state index contributed by atoms with van der Waals surface area (Å²) in [6.07, 6.45) is 3.86. The van der Waals surface area contributed by atoms with E-state index in [0.717, 1.165) is 16.0 Å². The fourth-order valence-electron chi connectivity index (χ4n) is 0.873. The van der Waals surface area contributed by atoms with E-state index in [0.29, 0.717) is 11.6 Å². The number of rotatable bonds is 4. The Morgan fingerprint density at radius 3 is 2.86 bits per heavy atom. The zero-order chi connectivity index (χ0) is 10.4. The van der Waals surface area contributed by atoms with E-state index in [-0.39, 0.29) is 0 Å². The highest BCUT2D eigenvalue weighted by Crippen LogP contribution is 2.27. The zero-order valence-electron chi connectivity index (χ0n) is 7.41. The summed E-state index contributed by atoms with van der Waals surface area (Å²) in [5, 5.41) is 0.690. The van der Waals surface area contributed by atoms with Crippen LogP contribution in [0.5, 0.6) is 5.75 Å². The molecule has 0 heterocycles. The number of hydrogen-bond acceptors (Lipinski definition) is 2. The maximum Gasteiger partial charge on any atom is 0.134 e. The second-order valence-electron chi connectivity index (χ2n) is 2.54. The molecule has 0 aliphatic rings. The molecule has 0 radical (unpaired) electrons. The molecule has 0 unspecified atom stereocenters. The average molecular weight is 294 g/mol. The summed E-state index contributed by atoms with van der Waals surface area (Å²) >= 11 is 13.2. The van der Waals surface area contributed by atoms with Gasteiger partial charge < -0.3 is 4.74 Å². The molecule has 0 N–H and O–H groups in total. The summed E-state index contributed by atoms with van der Waals surface area (Å²) in [6.45, 7) is 0.542. The molecule has 0 fully saturated rings. The van der Waals surface area contributed by atoms with Gasteiger partial charge in [0.15, 0.2) is 0 Å². The van der Waals surface area contributed by atoms with E-state index in [4.69, 9.17) is 16.3 Å². The van der Waals surface area contributed by atoms with Gasteiger partial charge in [-0.15, -0.1) is 0 Å². The van der Waals surface area contributed by atoms with Crippen LogP contribution < -0.4 is 4.74 Å². The second-order valence-corrected chi connectivity index (χ2v) is 4.20. The SMILES string of the molecule is SCC=CCOc1ccc(Cl)cc1Br. The minimum absolute atomic E-state index is 0.542. The van der Waals surface area contributed by atoms with E-state index < -0.39 is 0 Å². The second kappa shape index (κ2) is 6.38. The van der Waals surface area contributed by atoms with Gasteiger partial charge in [-0.2, -0.15) is 12.6 Å². The van der Waals surface area contributed by atoms with E-state index >= 15 is 0 Å².